The zero-order valence-electron chi connectivity index (χ0n) is 12.1. The van der Waals surface area contributed by atoms with Gasteiger partial charge in [0, 0.05) is 12.6 Å². The molecule has 0 aromatic heterocycles. The van der Waals surface area contributed by atoms with Gasteiger partial charge in [0.05, 0.1) is 6.61 Å². The van der Waals surface area contributed by atoms with E-state index in [1.54, 1.807) is 4.90 Å². The summed E-state index contributed by atoms with van der Waals surface area (Å²) in [6.45, 7) is 2.37. The van der Waals surface area contributed by atoms with Crippen molar-refractivity contribution >= 4 is 5.91 Å². The highest BCUT2D eigenvalue weighted by atomic mass is 16.3. The van der Waals surface area contributed by atoms with Crippen molar-refractivity contribution in [2.75, 3.05) is 13.2 Å². The first-order valence-electron chi connectivity index (χ1n) is 7.37. The largest absolute Gasteiger partial charge is 0.395 e. The van der Waals surface area contributed by atoms with Crippen LogP contribution in [0, 0.1) is 6.92 Å². The quantitative estimate of drug-likeness (QED) is 0.861. The molecular formula is C16H24N2O2. The molecule has 110 valence electrons. The second-order valence-electron chi connectivity index (χ2n) is 5.58. The summed E-state index contributed by atoms with van der Waals surface area (Å²) in [5.74, 6) is -0.0743. The van der Waals surface area contributed by atoms with Gasteiger partial charge in [-0.15, -0.1) is 0 Å². The van der Waals surface area contributed by atoms with Crippen LogP contribution in [0.4, 0.5) is 0 Å². The molecule has 1 aromatic rings. The molecule has 1 aliphatic carbocycles. The molecule has 1 fully saturated rings. The number of amides is 1. The summed E-state index contributed by atoms with van der Waals surface area (Å²) < 4.78 is 0. The number of aliphatic hydroxyl groups is 1. The standard InChI is InChI=1S/C16H24N2O2/c1-12-6-8-13(9-7-12)15(17)16(20)18(10-11-19)14-4-2-3-5-14/h6-9,14-15,19H,2-5,10-11,17H2,1H3. The minimum Gasteiger partial charge on any atom is -0.395 e. The van der Waals surface area contributed by atoms with Crippen LogP contribution in [0.15, 0.2) is 24.3 Å². The van der Waals surface area contributed by atoms with Crippen LogP contribution in [0.25, 0.3) is 0 Å². The van der Waals surface area contributed by atoms with Crippen molar-refractivity contribution < 1.29 is 9.90 Å². The highest BCUT2D eigenvalue weighted by molar-refractivity contribution is 5.83. The SMILES string of the molecule is Cc1ccc(C(N)C(=O)N(CCO)C2CCCC2)cc1. The van der Waals surface area contributed by atoms with Gasteiger partial charge in [0.15, 0.2) is 0 Å². The number of aryl methyl sites for hydroxylation is 1. The van der Waals surface area contributed by atoms with Gasteiger partial charge < -0.3 is 15.7 Å². The summed E-state index contributed by atoms with van der Waals surface area (Å²) in [6.07, 6.45) is 4.35. The highest BCUT2D eigenvalue weighted by Gasteiger charge is 2.29. The number of benzene rings is 1. The van der Waals surface area contributed by atoms with Crippen molar-refractivity contribution in [3.8, 4) is 0 Å². The van der Waals surface area contributed by atoms with E-state index < -0.39 is 6.04 Å². The lowest BCUT2D eigenvalue weighted by Crippen LogP contribution is -2.45. The third-order valence-corrected chi connectivity index (χ3v) is 4.09. The van der Waals surface area contributed by atoms with Crippen LogP contribution in [0.5, 0.6) is 0 Å². The van der Waals surface area contributed by atoms with Crippen LogP contribution >= 0.6 is 0 Å². The van der Waals surface area contributed by atoms with Crippen molar-refractivity contribution in [2.45, 2.75) is 44.7 Å². The lowest BCUT2D eigenvalue weighted by molar-refractivity contribution is -0.135. The number of aliphatic hydroxyl groups excluding tert-OH is 1. The maximum absolute atomic E-state index is 12.6. The summed E-state index contributed by atoms with van der Waals surface area (Å²) >= 11 is 0. The summed E-state index contributed by atoms with van der Waals surface area (Å²) in [4.78, 5) is 14.4. The normalized spacial score (nSPS) is 17.1. The Labute approximate surface area is 120 Å². The van der Waals surface area contributed by atoms with Gasteiger partial charge in [-0.1, -0.05) is 42.7 Å². The summed E-state index contributed by atoms with van der Waals surface area (Å²) in [5, 5.41) is 9.20. The summed E-state index contributed by atoms with van der Waals surface area (Å²) in [6, 6.07) is 7.35. The topological polar surface area (TPSA) is 66.6 Å². The van der Waals surface area contributed by atoms with Gasteiger partial charge in [0.2, 0.25) is 5.91 Å². The first-order valence-corrected chi connectivity index (χ1v) is 7.37. The summed E-state index contributed by atoms with van der Waals surface area (Å²) in [7, 11) is 0. The van der Waals surface area contributed by atoms with Gasteiger partial charge in [-0.3, -0.25) is 4.79 Å². The molecule has 2 rings (SSSR count). The van der Waals surface area contributed by atoms with Gasteiger partial charge in [-0.25, -0.2) is 0 Å². The molecule has 1 saturated carbocycles. The van der Waals surface area contributed by atoms with E-state index in [0.29, 0.717) is 6.54 Å². The molecular weight excluding hydrogens is 252 g/mol. The average molecular weight is 276 g/mol. The number of carbonyl (C=O) groups is 1. The maximum atomic E-state index is 12.6. The van der Waals surface area contributed by atoms with Gasteiger partial charge >= 0.3 is 0 Å². The van der Waals surface area contributed by atoms with E-state index in [-0.39, 0.29) is 18.6 Å². The molecule has 3 N–H and O–H groups in total. The molecule has 1 atom stereocenters. The molecule has 1 aromatic carbocycles. The second kappa shape index (κ2) is 6.86. The number of hydrogen-bond acceptors (Lipinski definition) is 3. The van der Waals surface area contributed by atoms with Crippen LogP contribution in [-0.4, -0.2) is 35.1 Å². The Morgan fingerprint density at radius 1 is 1.35 bits per heavy atom. The number of rotatable bonds is 5. The van der Waals surface area contributed by atoms with E-state index >= 15 is 0 Å². The Bertz CT molecular complexity index is 438. The predicted molar refractivity (Wildman–Crippen MR) is 79.2 cm³/mol. The van der Waals surface area contributed by atoms with Crippen LogP contribution in [0.1, 0.15) is 42.9 Å². The molecule has 4 heteroatoms. The van der Waals surface area contributed by atoms with Crippen molar-refractivity contribution in [1.29, 1.82) is 0 Å². The molecule has 4 nitrogen and oxygen atoms in total. The molecule has 0 spiro atoms. The molecule has 0 bridgehead atoms. The van der Waals surface area contributed by atoms with Gasteiger partial charge in [-0.2, -0.15) is 0 Å². The Hall–Kier alpha value is -1.39. The van der Waals surface area contributed by atoms with Crippen molar-refractivity contribution in [2.24, 2.45) is 5.73 Å². The number of hydrogen-bond donors (Lipinski definition) is 2. The minimum atomic E-state index is -0.636. The highest BCUT2D eigenvalue weighted by Crippen LogP contribution is 2.25. The Kier molecular flexibility index (Phi) is 5.15. The Morgan fingerprint density at radius 2 is 1.95 bits per heavy atom. The van der Waals surface area contributed by atoms with Crippen LogP contribution in [-0.2, 0) is 4.79 Å². The zero-order valence-corrected chi connectivity index (χ0v) is 12.1. The van der Waals surface area contributed by atoms with Gasteiger partial charge in [0.1, 0.15) is 6.04 Å². The second-order valence-corrected chi connectivity index (χ2v) is 5.58. The Morgan fingerprint density at radius 3 is 2.50 bits per heavy atom. The van der Waals surface area contributed by atoms with Crippen LogP contribution in [0.2, 0.25) is 0 Å². The van der Waals surface area contributed by atoms with E-state index in [1.165, 1.54) is 0 Å². The molecule has 20 heavy (non-hydrogen) atoms. The number of nitrogens with zero attached hydrogens (tertiary/aromatic N) is 1. The lowest BCUT2D eigenvalue weighted by atomic mass is 10.0. The van der Waals surface area contributed by atoms with Crippen molar-refractivity contribution in [3.63, 3.8) is 0 Å². The number of carbonyl (C=O) groups excluding carboxylic acids is 1. The average Bonchev–Trinajstić information content (AvgIpc) is 2.98. The predicted octanol–water partition coefficient (Wildman–Crippen LogP) is 1.76. The molecule has 0 heterocycles. The van der Waals surface area contributed by atoms with Gasteiger partial charge in [0.25, 0.3) is 0 Å². The van der Waals surface area contributed by atoms with E-state index in [4.69, 9.17) is 5.73 Å². The third kappa shape index (κ3) is 3.38. The van der Waals surface area contributed by atoms with Crippen LogP contribution in [0.3, 0.4) is 0 Å². The molecule has 1 amide bonds. The van der Waals surface area contributed by atoms with Crippen molar-refractivity contribution in [3.05, 3.63) is 35.4 Å². The fourth-order valence-corrected chi connectivity index (χ4v) is 2.89. The smallest absolute Gasteiger partial charge is 0.244 e. The van der Waals surface area contributed by atoms with Gasteiger partial charge in [-0.05, 0) is 25.3 Å². The fourth-order valence-electron chi connectivity index (χ4n) is 2.89. The Balaban J connectivity index is 2.11. The number of nitrogens with two attached hydrogens (primary N) is 1. The maximum Gasteiger partial charge on any atom is 0.244 e. The van der Waals surface area contributed by atoms with E-state index in [9.17, 15) is 9.90 Å². The van der Waals surface area contributed by atoms with E-state index in [2.05, 4.69) is 0 Å². The summed E-state index contributed by atoms with van der Waals surface area (Å²) in [5.41, 5.74) is 8.10. The fraction of sp³-hybridized carbons (Fsp3) is 0.562. The minimum absolute atomic E-state index is 0.0111. The van der Waals surface area contributed by atoms with Crippen molar-refractivity contribution in [1.82, 2.24) is 4.90 Å². The van der Waals surface area contributed by atoms with E-state index in [0.717, 1.165) is 36.8 Å². The third-order valence-electron chi connectivity index (χ3n) is 4.09. The van der Waals surface area contributed by atoms with E-state index in [1.807, 2.05) is 31.2 Å². The zero-order chi connectivity index (χ0) is 14.5. The molecule has 1 unspecified atom stereocenters. The molecule has 0 aliphatic heterocycles. The lowest BCUT2D eigenvalue weighted by Gasteiger charge is -2.30. The molecule has 0 radical (unpaired) electrons. The monoisotopic (exact) mass is 276 g/mol. The molecule has 1 aliphatic rings. The van der Waals surface area contributed by atoms with Crippen LogP contribution < -0.4 is 5.73 Å². The molecule has 0 saturated heterocycles. The first-order chi connectivity index (χ1) is 9.63. The first kappa shape index (κ1) is 15.0.